The van der Waals surface area contributed by atoms with Crippen molar-refractivity contribution in [3.8, 4) is 5.75 Å². The van der Waals surface area contributed by atoms with E-state index in [4.69, 9.17) is 4.74 Å². The molecule has 1 heterocycles. The first-order valence-electron chi connectivity index (χ1n) is 4.22. The summed E-state index contributed by atoms with van der Waals surface area (Å²) in [5.41, 5.74) is -0.107. The van der Waals surface area contributed by atoms with Crippen LogP contribution in [0.25, 0.3) is 0 Å². The number of aromatic nitrogens is 1. The second kappa shape index (κ2) is 4.50. The van der Waals surface area contributed by atoms with Crippen LogP contribution in [-0.4, -0.2) is 11.2 Å². The van der Waals surface area contributed by atoms with Crippen LogP contribution in [0.5, 0.6) is 5.75 Å². The summed E-state index contributed by atoms with van der Waals surface area (Å²) in [6.45, 7) is 6.44. The maximum absolute atomic E-state index is 11.5. The Labute approximate surface area is 77.3 Å². The Kier molecular flexibility index (Phi) is 3.31. The van der Waals surface area contributed by atoms with Gasteiger partial charge in [0.15, 0.2) is 5.75 Å². The average molecular weight is 179 g/mol. The molecule has 1 aromatic heterocycles. The molecule has 70 valence electrons. The molecule has 0 spiro atoms. The molecular weight excluding hydrogens is 166 g/mol. The van der Waals surface area contributed by atoms with Crippen molar-refractivity contribution in [2.45, 2.75) is 13.5 Å². The lowest BCUT2D eigenvalue weighted by molar-refractivity contribution is 0.332. The third kappa shape index (κ3) is 2.21. The van der Waals surface area contributed by atoms with Gasteiger partial charge in [-0.3, -0.25) is 4.79 Å². The summed E-state index contributed by atoms with van der Waals surface area (Å²) in [6.07, 6.45) is 3.39. The zero-order valence-corrected chi connectivity index (χ0v) is 7.69. The van der Waals surface area contributed by atoms with Crippen LogP contribution in [0.4, 0.5) is 0 Å². The van der Waals surface area contributed by atoms with E-state index in [1.165, 1.54) is 0 Å². The molecule has 0 aliphatic rings. The highest BCUT2D eigenvalue weighted by Gasteiger charge is 2.00. The number of hydrogen-bond donors (Lipinski definition) is 0. The lowest BCUT2D eigenvalue weighted by atomic mass is 10.4. The van der Waals surface area contributed by atoms with Crippen LogP contribution in [0.15, 0.2) is 35.8 Å². The van der Waals surface area contributed by atoms with E-state index >= 15 is 0 Å². The first-order chi connectivity index (χ1) is 6.29. The molecule has 0 atom stereocenters. The van der Waals surface area contributed by atoms with E-state index in [0.717, 1.165) is 0 Å². The van der Waals surface area contributed by atoms with Gasteiger partial charge in [0.05, 0.1) is 6.61 Å². The smallest absolute Gasteiger partial charge is 0.293 e. The number of hydrogen-bond acceptors (Lipinski definition) is 2. The molecule has 0 radical (unpaired) electrons. The maximum atomic E-state index is 11.5. The van der Waals surface area contributed by atoms with Crippen LogP contribution < -0.4 is 10.3 Å². The van der Waals surface area contributed by atoms with Crippen molar-refractivity contribution >= 4 is 0 Å². The first-order valence-corrected chi connectivity index (χ1v) is 4.22. The van der Waals surface area contributed by atoms with Gasteiger partial charge in [0.25, 0.3) is 5.56 Å². The molecule has 3 heteroatoms. The molecule has 0 bridgehead atoms. The molecule has 13 heavy (non-hydrogen) atoms. The molecule has 0 fully saturated rings. The third-order valence-electron chi connectivity index (χ3n) is 1.61. The van der Waals surface area contributed by atoms with Crippen molar-refractivity contribution in [1.29, 1.82) is 0 Å². The van der Waals surface area contributed by atoms with Crippen LogP contribution in [0.3, 0.4) is 0 Å². The molecule has 1 rings (SSSR count). The monoisotopic (exact) mass is 179 g/mol. The third-order valence-corrected chi connectivity index (χ3v) is 1.61. The predicted octanol–water partition coefficient (Wildman–Crippen LogP) is 1.43. The van der Waals surface area contributed by atoms with Gasteiger partial charge in [0.2, 0.25) is 0 Å². The van der Waals surface area contributed by atoms with Crippen molar-refractivity contribution < 1.29 is 4.74 Å². The van der Waals surface area contributed by atoms with Gasteiger partial charge in [-0.05, 0) is 19.1 Å². The fourth-order valence-corrected chi connectivity index (χ4v) is 1.06. The Bertz CT molecular complexity index is 341. The second-order valence-electron chi connectivity index (χ2n) is 2.55. The highest BCUT2D eigenvalue weighted by Crippen LogP contribution is 2.01. The quantitative estimate of drug-likeness (QED) is 0.655. The van der Waals surface area contributed by atoms with Crippen molar-refractivity contribution in [2.24, 2.45) is 0 Å². The van der Waals surface area contributed by atoms with Crippen molar-refractivity contribution in [3.63, 3.8) is 0 Å². The van der Waals surface area contributed by atoms with Gasteiger partial charge >= 0.3 is 0 Å². The van der Waals surface area contributed by atoms with Crippen molar-refractivity contribution in [2.75, 3.05) is 6.61 Å². The molecule has 0 aliphatic heterocycles. The van der Waals surface area contributed by atoms with Crippen LogP contribution in [0, 0.1) is 0 Å². The fourth-order valence-electron chi connectivity index (χ4n) is 1.06. The summed E-state index contributed by atoms with van der Waals surface area (Å²) in [4.78, 5) is 11.5. The molecule has 0 saturated heterocycles. The molecular formula is C10H13NO2. The van der Waals surface area contributed by atoms with E-state index < -0.39 is 0 Å². The van der Waals surface area contributed by atoms with E-state index in [0.29, 0.717) is 18.9 Å². The summed E-state index contributed by atoms with van der Waals surface area (Å²) in [5, 5.41) is 0. The molecule has 3 nitrogen and oxygen atoms in total. The van der Waals surface area contributed by atoms with Crippen LogP contribution in [-0.2, 0) is 6.54 Å². The zero-order chi connectivity index (χ0) is 9.68. The van der Waals surface area contributed by atoms with Crippen LogP contribution >= 0.6 is 0 Å². The average Bonchev–Trinajstić information content (AvgIpc) is 2.13. The Morgan fingerprint density at radius 1 is 1.69 bits per heavy atom. The highest BCUT2D eigenvalue weighted by atomic mass is 16.5. The maximum Gasteiger partial charge on any atom is 0.293 e. The van der Waals surface area contributed by atoms with E-state index in [9.17, 15) is 4.79 Å². The molecule has 0 amide bonds. The van der Waals surface area contributed by atoms with E-state index in [1.807, 2.05) is 6.92 Å². The Balaban J connectivity index is 3.03. The van der Waals surface area contributed by atoms with E-state index in [1.54, 1.807) is 29.0 Å². The van der Waals surface area contributed by atoms with E-state index in [2.05, 4.69) is 6.58 Å². The Morgan fingerprint density at radius 3 is 3.08 bits per heavy atom. The number of nitrogens with zero attached hydrogens (tertiary/aromatic N) is 1. The molecule has 0 N–H and O–H groups in total. The SMILES string of the molecule is C=CCn1cccc(OCC)c1=O. The molecule has 0 aromatic carbocycles. The van der Waals surface area contributed by atoms with Gasteiger partial charge in [0, 0.05) is 12.7 Å². The number of rotatable bonds is 4. The summed E-state index contributed by atoms with van der Waals surface area (Å²) in [6, 6.07) is 3.46. The normalized spacial score (nSPS) is 9.62. The minimum Gasteiger partial charge on any atom is -0.488 e. The minimum absolute atomic E-state index is 0.107. The predicted molar refractivity (Wildman–Crippen MR) is 52.1 cm³/mol. The van der Waals surface area contributed by atoms with Crippen molar-refractivity contribution in [1.82, 2.24) is 4.57 Å². The first kappa shape index (κ1) is 9.58. The van der Waals surface area contributed by atoms with Crippen LogP contribution in [0.2, 0.25) is 0 Å². The van der Waals surface area contributed by atoms with Gasteiger partial charge < -0.3 is 9.30 Å². The highest BCUT2D eigenvalue weighted by molar-refractivity contribution is 5.17. The van der Waals surface area contributed by atoms with Gasteiger partial charge in [-0.1, -0.05) is 6.08 Å². The largest absolute Gasteiger partial charge is 0.488 e. The molecule has 0 aliphatic carbocycles. The van der Waals surface area contributed by atoms with Gasteiger partial charge in [-0.25, -0.2) is 0 Å². The summed E-state index contributed by atoms with van der Waals surface area (Å²) < 4.78 is 6.71. The lowest BCUT2D eigenvalue weighted by Crippen LogP contribution is -2.20. The fraction of sp³-hybridized carbons (Fsp3) is 0.300. The molecule has 0 unspecified atom stereocenters. The summed E-state index contributed by atoms with van der Waals surface area (Å²) in [5.74, 6) is 0.395. The minimum atomic E-state index is -0.107. The van der Waals surface area contributed by atoms with Crippen molar-refractivity contribution in [3.05, 3.63) is 41.3 Å². The number of pyridine rings is 1. The topological polar surface area (TPSA) is 31.2 Å². The van der Waals surface area contributed by atoms with Gasteiger partial charge in [0.1, 0.15) is 0 Å². The molecule has 1 aromatic rings. The number of allylic oxidation sites excluding steroid dienone is 1. The number of ether oxygens (including phenoxy) is 1. The summed E-state index contributed by atoms with van der Waals surface area (Å²) in [7, 11) is 0. The molecule has 0 saturated carbocycles. The standard InChI is InChI=1S/C10H13NO2/c1-3-7-11-8-5-6-9(10(11)12)13-4-2/h3,5-6,8H,1,4,7H2,2H3. The Hall–Kier alpha value is -1.51. The zero-order valence-electron chi connectivity index (χ0n) is 7.69. The van der Waals surface area contributed by atoms with Crippen LogP contribution in [0.1, 0.15) is 6.92 Å². The Morgan fingerprint density at radius 2 is 2.46 bits per heavy atom. The lowest BCUT2D eigenvalue weighted by Gasteiger charge is -2.05. The van der Waals surface area contributed by atoms with Gasteiger partial charge in [-0.15, -0.1) is 6.58 Å². The van der Waals surface area contributed by atoms with E-state index in [-0.39, 0.29) is 5.56 Å². The second-order valence-corrected chi connectivity index (χ2v) is 2.55. The van der Waals surface area contributed by atoms with Gasteiger partial charge in [-0.2, -0.15) is 0 Å². The summed E-state index contributed by atoms with van der Waals surface area (Å²) >= 11 is 0.